The van der Waals surface area contributed by atoms with E-state index in [2.05, 4.69) is 0 Å². The topological polar surface area (TPSA) is 49.5 Å². The van der Waals surface area contributed by atoms with Crippen molar-refractivity contribution in [1.29, 1.82) is 0 Å². The minimum Gasteiger partial charge on any atom is -0.397 e. The van der Waals surface area contributed by atoms with Crippen molar-refractivity contribution in [2.45, 2.75) is 6.18 Å². The smallest absolute Gasteiger partial charge is 0.397 e. The van der Waals surface area contributed by atoms with Crippen LogP contribution in [0.3, 0.4) is 0 Å². The van der Waals surface area contributed by atoms with E-state index in [1.54, 1.807) is 0 Å². The molecular weight excluding hydrogens is 240 g/mol. The van der Waals surface area contributed by atoms with Crippen LogP contribution in [0.4, 0.5) is 28.9 Å². The van der Waals surface area contributed by atoms with Gasteiger partial charge in [0.2, 0.25) is 0 Å². The first-order valence-corrected chi connectivity index (χ1v) is 4.81. The Labute approximate surface area is 95.4 Å². The molecule has 0 heterocycles. The zero-order valence-corrected chi connectivity index (χ0v) is 8.84. The number of nitrogen functional groups attached to an aromatic ring is 1. The number of nitrogens with two attached hydrogens (primary N) is 1. The number of benzene rings is 1. The molecule has 0 atom stereocenters. The number of aliphatic hydroxyl groups excluding tert-OH is 1. The predicted octanol–water partition coefficient (Wildman–Crippen LogP) is 1.77. The van der Waals surface area contributed by atoms with Gasteiger partial charge in [-0.25, -0.2) is 4.39 Å². The molecule has 1 aromatic carbocycles. The third-order valence-corrected chi connectivity index (χ3v) is 2.07. The normalized spacial score (nSPS) is 11.6. The van der Waals surface area contributed by atoms with Gasteiger partial charge in [0.1, 0.15) is 12.4 Å². The lowest BCUT2D eigenvalue weighted by atomic mass is 10.2. The number of hydrogen-bond acceptors (Lipinski definition) is 3. The van der Waals surface area contributed by atoms with Crippen molar-refractivity contribution in [3.05, 3.63) is 24.0 Å². The second-order valence-electron chi connectivity index (χ2n) is 3.46. The Balaban J connectivity index is 2.97. The van der Waals surface area contributed by atoms with Gasteiger partial charge in [0.25, 0.3) is 0 Å². The first-order chi connectivity index (χ1) is 7.83. The zero-order valence-electron chi connectivity index (χ0n) is 8.84. The Kier molecular flexibility index (Phi) is 4.17. The van der Waals surface area contributed by atoms with Gasteiger partial charge >= 0.3 is 6.18 Å². The fourth-order valence-corrected chi connectivity index (χ4v) is 1.44. The molecular formula is C10H12F4N2O. The number of anilines is 2. The summed E-state index contributed by atoms with van der Waals surface area (Å²) in [6.07, 6.45) is -4.42. The SMILES string of the molecule is Nc1cc(F)ccc1N(CCO)CC(F)(F)F. The molecule has 0 aliphatic heterocycles. The van der Waals surface area contributed by atoms with Gasteiger partial charge in [-0.1, -0.05) is 0 Å². The maximum atomic E-state index is 12.8. The quantitative estimate of drug-likeness (QED) is 0.634. The summed E-state index contributed by atoms with van der Waals surface area (Å²) >= 11 is 0. The predicted molar refractivity (Wildman–Crippen MR) is 56.2 cm³/mol. The van der Waals surface area contributed by atoms with Gasteiger partial charge in [-0.05, 0) is 18.2 Å². The van der Waals surface area contributed by atoms with E-state index < -0.39 is 25.1 Å². The highest BCUT2D eigenvalue weighted by Gasteiger charge is 2.31. The highest BCUT2D eigenvalue weighted by Crippen LogP contribution is 2.27. The second-order valence-corrected chi connectivity index (χ2v) is 3.46. The lowest BCUT2D eigenvalue weighted by molar-refractivity contribution is -0.119. The van der Waals surface area contributed by atoms with Crippen LogP contribution in [0.1, 0.15) is 0 Å². The molecule has 1 rings (SSSR count). The second kappa shape index (κ2) is 5.22. The number of hydrogen-bond donors (Lipinski definition) is 2. The molecule has 17 heavy (non-hydrogen) atoms. The number of aliphatic hydroxyl groups is 1. The number of alkyl halides is 3. The highest BCUT2D eigenvalue weighted by atomic mass is 19.4. The monoisotopic (exact) mass is 252 g/mol. The van der Waals surface area contributed by atoms with E-state index in [4.69, 9.17) is 10.8 Å². The van der Waals surface area contributed by atoms with Gasteiger partial charge in [0.15, 0.2) is 0 Å². The molecule has 0 aliphatic rings. The molecule has 96 valence electrons. The molecule has 0 bridgehead atoms. The van der Waals surface area contributed by atoms with Crippen LogP contribution in [0.25, 0.3) is 0 Å². The lowest BCUT2D eigenvalue weighted by Crippen LogP contribution is -2.36. The highest BCUT2D eigenvalue weighted by molar-refractivity contribution is 5.67. The van der Waals surface area contributed by atoms with E-state index in [1.165, 1.54) is 0 Å². The van der Waals surface area contributed by atoms with Crippen molar-refractivity contribution in [1.82, 2.24) is 0 Å². The van der Waals surface area contributed by atoms with Crippen molar-refractivity contribution in [2.24, 2.45) is 0 Å². The summed E-state index contributed by atoms with van der Waals surface area (Å²) in [4.78, 5) is 0.856. The standard InChI is InChI=1S/C10H12F4N2O/c11-7-1-2-9(8(15)5-7)16(3-4-17)6-10(12,13)14/h1-2,5,17H,3-4,6,15H2. The van der Waals surface area contributed by atoms with E-state index in [9.17, 15) is 17.6 Å². The van der Waals surface area contributed by atoms with E-state index in [1.807, 2.05) is 0 Å². The van der Waals surface area contributed by atoms with Crippen molar-refractivity contribution in [3.8, 4) is 0 Å². The van der Waals surface area contributed by atoms with E-state index in [0.29, 0.717) is 0 Å². The molecule has 3 nitrogen and oxygen atoms in total. The van der Waals surface area contributed by atoms with Gasteiger partial charge in [-0.3, -0.25) is 0 Å². The van der Waals surface area contributed by atoms with Gasteiger partial charge in [0, 0.05) is 6.54 Å². The van der Waals surface area contributed by atoms with E-state index in [0.717, 1.165) is 23.1 Å². The maximum Gasteiger partial charge on any atom is 0.405 e. The first-order valence-electron chi connectivity index (χ1n) is 4.81. The Bertz CT molecular complexity index is 381. The first kappa shape index (κ1) is 13.6. The fourth-order valence-electron chi connectivity index (χ4n) is 1.44. The summed E-state index contributed by atoms with van der Waals surface area (Å²) in [5, 5.41) is 8.72. The summed E-state index contributed by atoms with van der Waals surface area (Å²) in [7, 11) is 0. The van der Waals surface area contributed by atoms with Gasteiger partial charge in [0.05, 0.1) is 18.0 Å². The third kappa shape index (κ3) is 4.10. The molecule has 0 unspecified atom stereocenters. The Morgan fingerprint density at radius 3 is 2.41 bits per heavy atom. The average molecular weight is 252 g/mol. The fraction of sp³-hybridized carbons (Fsp3) is 0.400. The molecule has 0 radical (unpaired) electrons. The zero-order chi connectivity index (χ0) is 13.1. The molecule has 0 aromatic heterocycles. The van der Waals surface area contributed by atoms with Crippen LogP contribution in [-0.2, 0) is 0 Å². The van der Waals surface area contributed by atoms with Crippen LogP contribution in [0, 0.1) is 5.82 Å². The molecule has 0 amide bonds. The molecule has 1 aromatic rings. The Morgan fingerprint density at radius 2 is 1.94 bits per heavy atom. The van der Waals surface area contributed by atoms with Crippen LogP contribution in [0.15, 0.2) is 18.2 Å². The average Bonchev–Trinajstić information content (AvgIpc) is 2.14. The summed E-state index contributed by atoms with van der Waals surface area (Å²) < 4.78 is 49.6. The Hall–Kier alpha value is -1.50. The minimum atomic E-state index is -4.42. The van der Waals surface area contributed by atoms with E-state index >= 15 is 0 Å². The van der Waals surface area contributed by atoms with Crippen LogP contribution in [0.2, 0.25) is 0 Å². The van der Waals surface area contributed by atoms with Gasteiger partial charge in [-0.15, -0.1) is 0 Å². The molecule has 0 saturated carbocycles. The van der Waals surface area contributed by atoms with Crippen molar-refractivity contribution < 1.29 is 22.7 Å². The molecule has 0 aliphatic carbocycles. The molecule has 0 saturated heterocycles. The molecule has 0 fully saturated rings. The van der Waals surface area contributed by atoms with E-state index in [-0.39, 0.29) is 17.9 Å². The van der Waals surface area contributed by atoms with Crippen LogP contribution < -0.4 is 10.6 Å². The summed E-state index contributed by atoms with van der Waals surface area (Å²) in [5.41, 5.74) is 5.40. The van der Waals surface area contributed by atoms with Gasteiger partial charge in [-0.2, -0.15) is 13.2 Å². The number of halogens is 4. The minimum absolute atomic E-state index is 0.0535. The molecule has 3 N–H and O–H groups in total. The van der Waals surface area contributed by atoms with Crippen molar-refractivity contribution in [3.63, 3.8) is 0 Å². The largest absolute Gasteiger partial charge is 0.405 e. The Morgan fingerprint density at radius 1 is 1.29 bits per heavy atom. The lowest BCUT2D eigenvalue weighted by Gasteiger charge is -2.26. The maximum absolute atomic E-state index is 12.8. The van der Waals surface area contributed by atoms with Crippen LogP contribution in [0.5, 0.6) is 0 Å². The summed E-state index contributed by atoms with van der Waals surface area (Å²) in [6, 6.07) is 3.12. The van der Waals surface area contributed by atoms with Gasteiger partial charge < -0.3 is 15.7 Å². The molecule has 7 heteroatoms. The van der Waals surface area contributed by atoms with Crippen molar-refractivity contribution >= 4 is 11.4 Å². The van der Waals surface area contributed by atoms with Crippen LogP contribution in [-0.4, -0.2) is 31.0 Å². The molecule has 0 spiro atoms. The van der Waals surface area contributed by atoms with Crippen LogP contribution >= 0.6 is 0 Å². The number of nitrogens with zero attached hydrogens (tertiary/aromatic N) is 1. The summed E-state index contributed by atoms with van der Waals surface area (Å²) in [6.45, 7) is -1.92. The third-order valence-electron chi connectivity index (χ3n) is 2.07. The van der Waals surface area contributed by atoms with Crippen molar-refractivity contribution in [2.75, 3.05) is 30.3 Å². The number of rotatable bonds is 4. The summed E-state index contributed by atoms with van der Waals surface area (Å²) in [5.74, 6) is -0.623.